The van der Waals surface area contributed by atoms with E-state index >= 15 is 0 Å². The number of para-hydroxylation sites is 1. The van der Waals surface area contributed by atoms with E-state index in [0.29, 0.717) is 10.9 Å². The number of rotatable bonds is 2. The topological polar surface area (TPSA) is 66.3 Å². The first-order valence-corrected chi connectivity index (χ1v) is 7.21. The molecule has 1 N–H and O–H groups in total. The monoisotopic (exact) mass is 285 g/mol. The molecular formula is C16H19N3O2. The van der Waals surface area contributed by atoms with Crippen LogP contribution in [0.2, 0.25) is 0 Å². The van der Waals surface area contributed by atoms with Gasteiger partial charge in [0.05, 0.1) is 5.52 Å². The number of aromatic carboxylic acids is 1. The van der Waals surface area contributed by atoms with Crippen molar-refractivity contribution in [2.24, 2.45) is 5.41 Å². The van der Waals surface area contributed by atoms with Crippen molar-refractivity contribution in [3.05, 3.63) is 30.1 Å². The average Bonchev–Trinajstić information content (AvgIpc) is 2.46. The van der Waals surface area contributed by atoms with Crippen LogP contribution >= 0.6 is 0 Å². The van der Waals surface area contributed by atoms with Crippen molar-refractivity contribution in [1.82, 2.24) is 9.97 Å². The van der Waals surface area contributed by atoms with Crippen LogP contribution in [0.25, 0.3) is 10.9 Å². The smallest absolute Gasteiger partial charge is 0.374 e. The second kappa shape index (κ2) is 4.98. The first kappa shape index (κ1) is 13.8. The van der Waals surface area contributed by atoms with Crippen molar-refractivity contribution in [1.29, 1.82) is 0 Å². The van der Waals surface area contributed by atoms with Crippen molar-refractivity contribution >= 4 is 22.7 Å². The molecule has 0 aliphatic carbocycles. The van der Waals surface area contributed by atoms with Gasteiger partial charge in [-0.3, -0.25) is 0 Å². The minimum absolute atomic E-state index is 0.131. The van der Waals surface area contributed by atoms with E-state index in [9.17, 15) is 9.90 Å². The first-order chi connectivity index (χ1) is 9.96. The van der Waals surface area contributed by atoms with E-state index in [-0.39, 0.29) is 5.82 Å². The Hall–Kier alpha value is -2.17. The molecule has 1 saturated heterocycles. The fourth-order valence-electron chi connectivity index (χ4n) is 2.72. The summed E-state index contributed by atoms with van der Waals surface area (Å²) in [5.74, 6) is -0.471. The highest BCUT2D eigenvalue weighted by atomic mass is 16.4. The standard InChI is InChI=1S/C16H19N3O2/c1-16(2)7-9-19(10-8-16)14-11-5-3-4-6-12(11)17-13(18-14)15(20)21/h3-6H,7-10H2,1-2H3,(H,20,21). The molecule has 5 heteroatoms. The summed E-state index contributed by atoms with van der Waals surface area (Å²) in [6.07, 6.45) is 2.15. The lowest BCUT2D eigenvalue weighted by molar-refractivity contribution is 0.0684. The van der Waals surface area contributed by atoms with Crippen molar-refractivity contribution in [2.45, 2.75) is 26.7 Å². The van der Waals surface area contributed by atoms with Gasteiger partial charge in [0.15, 0.2) is 0 Å². The van der Waals surface area contributed by atoms with Gasteiger partial charge in [0.2, 0.25) is 5.82 Å². The Kier molecular flexibility index (Phi) is 3.27. The van der Waals surface area contributed by atoms with Crippen LogP contribution in [-0.4, -0.2) is 34.1 Å². The van der Waals surface area contributed by atoms with E-state index in [4.69, 9.17) is 0 Å². The Morgan fingerprint density at radius 1 is 1.19 bits per heavy atom. The summed E-state index contributed by atoms with van der Waals surface area (Å²) in [5.41, 5.74) is 1.03. The van der Waals surface area contributed by atoms with Crippen molar-refractivity contribution in [2.75, 3.05) is 18.0 Å². The number of fused-ring (bicyclic) bond motifs is 1. The highest BCUT2D eigenvalue weighted by Crippen LogP contribution is 2.33. The number of hydrogen-bond donors (Lipinski definition) is 1. The molecular weight excluding hydrogens is 266 g/mol. The molecule has 0 amide bonds. The van der Waals surface area contributed by atoms with Crippen LogP contribution in [0.1, 0.15) is 37.3 Å². The molecule has 1 aromatic carbocycles. The zero-order chi connectivity index (χ0) is 15.0. The number of nitrogens with zero attached hydrogens (tertiary/aromatic N) is 3. The molecule has 1 fully saturated rings. The zero-order valence-corrected chi connectivity index (χ0v) is 12.3. The number of aromatic nitrogens is 2. The molecule has 21 heavy (non-hydrogen) atoms. The number of carbonyl (C=O) groups is 1. The molecule has 0 unspecified atom stereocenters. The Bertz CT molecular complexity index is 687. The molecule has 3 rings (SSSR count). The summed E-state index contributed by atoms with van der Waals surface area (Å²) in [4.78, 5) is 21.8. The fraction of sp³-hybridized carbons (Fsp3) is 0.438. The lowest BCUT2D eigenvalue weighted by Gasteiger charge is -2.37. The van der Waals surface area contributed by atoms with Crippen LogP contribution in [0.15, 0.2) is 24.3 Å². The molecule has 0 bridgehead atoms. The Morgan fingerprint density at radius 2 is 1.86 bits per heavy atom. The van der Waals surface area contributed by atoms with Gasteiger partial charge in [-0.25, -0.2) is 14.8 Å². The number of benzene rings is 1. The molecule has 2 heterocycles. The highest BCUT2D eigenvalue weighted by molar-refractivity contribution is 5.93. The third kappa shape index (κ3) is 2.68. The fourth-order valence-corrected chi connectivity index (χ4v) is 2.72. The molecule has 0 spiro atoms. The average molecular weight is 285 g/mol. The second-order valence-electron chi connectivity index (χ2n) is 6.34. The van der Waals surface area contributed by atoms with Gasteiger partial charge in [0.25, 0.3) is 0 Å². The normalized spacial score (nSPS) is 17.9. The van der Waals surface area contributed by atoms with Gasteiger partial charge in [-0.15, -0.1) is 0 Å². The molecule has 1 aliphatic rings. The summed E-state index contributed by atoms with van der Waals surface area (Å²) >= 11 is 0. The Labute approximate surface area is 123 Å². The SMILES string of the molecule is CC1(C)CCN(c2nc(C(=O)O)nc3ccccc23)CC1. The largest absolute Gasteiger partial charge is 0.475 e. The zero-order valence-electron chi connectivity index (χ0n) is 12.3. The van der Waals surface area contributed by atoms with Crippen LogP contribution in [0, 0.1) is 5.41 Å². The van der Waals surface area contributed by atoms with Crippen LogP contribution < -0.4 is 4.90 Å². The van der Waals surface area contributed by atoms with Crippen molar-refractivity contribution in [3.8, 4) is 0 Å². The lowest BCUT2D eigenvalue weighted by atomic mass is 9.82. The first-order valence-electron chi connectivity index (χ1n) is 7.21. The number of anilines is 1. The van der Waals surface area contributed by atoms with Crippen LogP contribution in [0.4, 0.5) is 5.82 Å². The maximum absolute atomic E-state index is 11.2. The highest BCUT2D eigenvalue weighted by Gasteiger charge is 2.27. The maximum atomic E-state index is 11.2. The van der Waals surface area contributed by atoms with Gasteiger partial charge < -0.3 is 10.0 Å². The quantitative estimate of drug-likeness (QED) is 0.919. The Morgan fingerprint density at radius 3 is 2.52 bits per heavy atom. The summed E-state index contributed by atoms with van der Waals surface area (Å²) < 4.78 is 0. The van der Waals surface area contributed by atoms with Gasteiger partial charge >= 0.3 is 5.97 Å². The number of hydrogen-bond acceptors (Lipinski definition) is 4. The van der Waals surface area contributed by atoms with Gasteiger partial charge in [0, 0.05) is 18.5 Å². The molecule has 0 radical (unpaired) electrons. The minimum atomic E-state index is -1.08. The minimum Gasteiger partial charge on any atom is -0.475 e. The van der Waals surface area contributed by atoms with E-state index < -0.39 is 5.97 Å². The van der Waals surface area contributed by atoms with Gasteiger partial charge in [-0.1, -0.05) is 26.0 Å². The van der Waals surface area contributed by atoms with Crippen LogP contribution in [0.5, 0.6) is 0 Å². The van der Waals surface area contributed by atoms with E-state index in [2.05, 4.69) is 28.7 Å². The van der Waals surface area contributed by atoms with Crippen LogP contribution in [0.3, 0.4) is 0 Å². The molecule has 5 nitrogen and oxygen atoms in total. The third-order valence-corrected chi connectivity index (χ3v) is 4.19. The summed E-state index contributed by atoms with van der Waals surface area (Å²) in [6.45, 7) is 6.33. The molecule has 0 atom stereocenters. The van der Waals surface area contributed by atoms with Gasteiger partial charge in [-0.05, 0) is 30.4 Å². The molecule has 2 aromatic rings. The number of carboxylic acids is 1. The Balaban J connectivity index is 2.06. The second-order valence-corrected chi connectivity index (χ2v) is 6.34. The van der Waals surface area contributed by atoms with Gasteiger partial charge in [-0.2, -0.15) is 0 Å². The molecule has 110 valence electrons. The lowest BCUT2D eigenvalue weighted by Crippen LogP contribution is -2.38. The van der Waals surface area contributed by atoms with Crippen molar-refractivity contribution in [3.63, 3.8) is 0 Å². The number of piperidine rings is 1. The maximum Gasteiger partial charge on any atom is 0.374 e. The predicted molar refractivity (Wildman–Crippen MR) is 81.7 cm³/mol. The molecule has 1 aliphatic heterocycles. The van der Waals surface area contributed by atoms with E-state index in [0.717, 1.165) is 37.1 Å². The third-order valence-electron chi connectivity index (χ3n) is 4.19. The molecule has 0 saturated carbocycles. The summed E-state index contributed by atoms with van der Waals surface area (Å²) in [7, 11) is 0. The van der Waals surface area contributed by atoms with E-state index in [1.165, 1.54) is 0 Å². The van der Waals surface area contributed by atoms with Crippen molar-refractivity contribution < 1.29 is 9.90 Å². The summed E-state index contributed by atoms with van der Waals surface area (Å²) in [5, 5.41) is 10.1. The van der Waals surface area contributed by atoms with Gasteiger partial charge in [0.1, 0.15) is 5.82 Å². The summed E-state index contributed by atoms with van der Waals surface area (Å²) in [6, 6.07) is 7.59. The van der Waals surface area contributed by atoms with Crippen LogP contribution in [-0.2, 0) is 0 Å². The van der Waals surface area contributed by atoms with E-state index in [1.54, 1.807) is 0 Å². The van der Waals surface area contributed by atoms with E-state index in [1.807, 2.05) is 24.3 Å². The number of carboxylic acid groups (broad SMARTS) is 1. The predicted octanol–water partition coefficient (Wildman–Crippen LogP) is 2.95. The molecule has 1 aromatic heterocycles.